The topological polar surface area (TPSA) is 41.5 Å². The van der Waals surface area contributed by atoms with Crippen molar-refractivity contribution in [3.63, 3.8) is 0 Å². The number of aliphatic hydroxyl groups excluding tert-OH is 1. The summed E-state index contributed by atoms with van der Waals surface area (Å²) in [5, 5.41) is 13.4. The molecule has 0 spiro atoms. The molecule has 1 fully saturated rings. The summed E-state index contributed by atoms with van der Waals surface area (Å²) in [6.07, 6.45) is 2.13. The molecule has 0 amide bonds. The fourth-order valence-corrected chi connectivity index (χ4v) is 3.18. The van der Waals surface area contributed by atoms with Crippen molar-refractivity contribution in [1.29, 1.82) is 0 Å². The molecular weight excluding hydrogens is 330 g/mol. The van der Waals surface area contributed by atoms with Gasteiger partial charge in [-0.2, -0.15) is 0 Å². The van der Waals surface area contributed by atoms with Crippen molar-refractivity contribution in [2.75, 3.05) is 19.7 Å². The Bertz CT molecular complexity index is 472. The zero-order valence-corrected chi connectivity index (χ0v) is 14.7. The van der Waals surface area contributed by atoms with E-state index in [-0.39, 0.29) is 0 Å². The zero-order valence-electron chi connectivity index (χ0n) is 13.2. The second-order valence-electron chi connectivity index (χ2n) is 6.55. The van der Waals surface area contributed by atoms with E-state index in [9.17, 15) is 5.11 Å². The van der Waals surface area contributed by atoms with Gasteiger partial charge in [0.25, 0.3) is 0 Å². The molecule has 0 aliphatic heterocycles. The van der Waals surface area contributed by atoms with Crippen LogP contribution in [0.15, 0.2) is 22.7 Å². The molecule has 0 aromatic heterocycles. The number of halogens is 1. The smallest absolute Gasteiger partial charge is 0.133 e. The predicted molar refractivity (Wildman–Crippen MR) is 89.8 cm³/mol. The molecule has 0 radical (unpaired) electrons. The highest BCUT2D eigenvalue weighted by Gasteiger charge is 2.44. The number of nitrogens with one attached hydrogen (secondary N) is 1. The zero-order chi connectivity index (χ0) is 15.5. The van der Waals surface area contributed by atoms with Crippen LogP contribution in [0.25, 0.3) is 0 Å². The van der Waals surface area contributed by atoms with Gasteiger partial charge in [-0.15, -0.1) is 0 Å². The number of ether oxygens (including phenoxy) is 1. The lowest BCUT2D eigenvalue weighted by Crippen LogP contribution is -2.36. The molecule has 0 bridgehead atoms. The largest absolute Gasteiger partial charge is 0.490 e. The molecule has 21 heavy (non-hydrogen) atoms. The van der Waals surface area contributed by atoms with Crippen LogP contribution in [-0.4, -0.2) is 30.9 Å². The van der Waals surface area contributed by atoms with E-state index < -0.39 is 6.10 Å². The van der Waals surface area contributed by atoms with Gasteiger partial charge in [0, 0.05) is 13.1 Å². The summed E-state index contributed by atoms with van der Waals surface area (Å²) in [6.45, 7) is 8.49. The Morgan fingerprint density at radius 1 is 1.38 bits per heavy atom. The van der Waals surface area contributed by atoms with Gasteiger partial charge in [0.15, 0.2) is 0 Å². The number of hydrogen-bond donors (Lipinski definition) is 2. The van der Waals surface area contributed by atoms with Crippen LogP contribution >= 0.6 is 15.9 Å². The first kappa shape index (κ1) is 16.8. The average molecular weight is 356 g/mol. The Hall–Kier alpha value is -0.580. The van der Waals surface area contributed by atoms with Gasteiger partial charge in [-0.05, 0) is 64.7 Å². The molecule has 2 rings (SSSR count). The Balaban J connectivity index is 1.69. The Morgan fingerprint density at radius 3 is 2.67 bits per heavy atom. The number of aliphatic hydroxyl groups is 1. The highest BCUT2D eigenvalue weighted by Crippen LogP contribution is 2.51. The van der Waals surface area contributed by atoms with Crippen LogP contribution in [0.1, 0.15) is 32.3 Å². The standard InChI is InChI=1S/C17H26BrNO2/c1-12(2)17(6-7-17)11-19-9-14(20)10-21-16-5-4-13(3)8-15(16)18/h4-5,8,12,14,19-20H,6-7,9-11H2,1-3H3. The third kappa shape index (κ3) is 4.70. The maximum absolute atomic E-state index is 10.0. The van der Waals surface area contributed by atoms with Crippen molar-refractivity contribution < 1.29 is 9.84 Å². The monoisotopic (exact) mass is 355 g/mol. The highest BCUT2D eigenvalue weighted by molar-refractivity contribution is 9.10. The van der Waals surface area contributed by atoms with Crippen LogP contribution in [-0.2, 0) is 0 Å². The molecule has 1 aromatic carbocycles. The number of aryl methyl sites for hydroxylation is 1. The van der Waals surface area contributed by atoms with Gasteiger partial charge < -0.3 is 15.2 Å². The van der Waals surface area contributed by atoms with E-state index in [4.69, 9.17) is 4.74 Å². The second-order valence-corrected chi connectivity index (χ2v) is 7.40. The summed E-state index contributed by atoms with van der Waals surface area (Å²) in [4.78, 5) is 0. The lowest BCUT2D eigenvalue weighted by atomic mass is 9.92. The van der Waals surface area contributed by atoms with Gasteiger partial charge in [0.2, 0.25) is 0 Å². The van der Waals surface area contributed by atoms with Crippen LogP contribution in [0, 0.1) is 18.3 Å². The molecule has 3 nitrogen and oxygen atoms in total. The summed E-state index contributed by atoms with van der Waals surface area (Å²) >= 11 is 3.48. The Labute approximate surface area is 136 Å². The normalized spacial score (nSPS) is 17.8. The number of hydrogen-bond acceptors (Lipinski definition) is 3. The van der Waals surface area contributed by atoms with E-state index in [1.54, 1.807) is 0 Å². The van der Waals surface area contributed by atoms with Crippen LogP contribution in [0.4, 0.5) is 0 Å². The summed E-state index contributed by atoms with van der Waals surface area (Å²) in [5.41, 5.74) is 1.65. The van der Waals surface area contributed by atoms with E-state index in [0.29, 0.717) is 24.5 Å². The third-order valence-corrected chi connectivity index (χ3v) is 5.11. The van der Waals surface area contributed by atoms with Gasteiger partial charge in [-0.25, -0.2) is 0 Å². The first-order chi connectivity index (χ1) is 9.93. The molecule has 2 N–H and O–H groups in total. The molecule has 1 unspecified atom stereocenters. The van der Waals surface area contributed by atoms with Crippen LogP contribution in [0.2, 0.25) is 0 Å². The lowest BCUT2D eigenvalue weighted by molar-refractivity contribution is 0.104. The minimum atomic E-state index is -0.485. The van der Waals surface area contributed by atoms with E-state index in [0.717, 1.165) is 16.8 Å². The van der Waals surface area contributed by atoms with Crippen molar-refractivity contribution in [1.82, 2.24) is 5.32 Å². The third-order valence-electron chi connectivity index (χ3n) is 4.49. The predicted octanol–water partition coefficient (Wildman–Crippen LogP) is 3.52. The summed E-state index contributed by atoms with van der Waals surface area (Å²) in [6, 6.07) is 5.95. The summed E-state index contributed by atoms with van der Waals surface area (Å²) in [5.74, 6) is 1.49. The average Bonchev–Trinajstić information content (AvgIpc) is 3.19. The van der Waals surface area contributed by atoms with Crippen molar-refractivity contribution >= 4 is 15.9 Å². The second kappa shape index (κ2) is 7.12. The summed E-state index contributed by atoms with van der Waals surface area (Å²) in [7, 11) is 0. The molecule has 1 aromatic rings. The molecule has 1 atom stereocenters. The van der Waals surface area contributed by atoms with Crippen LogP contribution in [0.3, 0.4) is 0 Å². The van der Waals surface area contributed by atoms with Crippen LogP contribution in [0.5, 0.6) is 5.75 Å². The van der Waals surface area contributed by atoms with Gasteiger partial charge in [-0.1, -0.05) is 19.9 Å². The number of rotatable bonds is 8. The minimum absolute atomic E-state index is 0.309. The molecule has 1 aliphatic rings. The van der Waals surface area contributed by atoms with E-state index in [1.807, 2.05) is 25.1 Å². The molecule has 0 saturated heterocycles. The number of benzene rings is 1. The molecule has 0 heterocycles. The molecule has 1 aliphatic carbocycles. The van der Waals surface area contributed by atoms with Gasteiger partial charge in [0.1, 0.15) is 18.5 Å². The lowest BCUT2D eigenvalue weighted by Gasteiger charge is -2.21. The molecule has 118 valence electrons. The first-order valence-electron chi connectivity index (χ1n) is 7.71. The van der Waals surface area contributed by atoms with Gasteiger partial charge in [-0.3, -0.25) is 0 Å². The summed E-state index contributed by atoms with van der Waals surface area (Å²) < 4.78 is 6.59. The SMILES string of the molecule is Cc1ccc(OCC(O)CNCC2(C(C)C)CC2)c(Br)c1. The van der Waals surface area contributed by atoms with Crippen molar-refractivity contribution in [2.24, 2.45) is 11.3 Å². The Morgan fingerprint density at radius 2 is 2.10 bits per heavy atom. The minimum Gasteiger partial charge on any atom is -0.490 e. The Kier molecular flexibility index (Phi) is 5.69. The van der Waals surface area contributed by atoms with E-state index in [2.05, 4.69) is 35.1 Å². The maximum atomic E-state index is 10.0. The fraction of sp³-hybridized carbons (Fsp3) is 0.647. The molecule has 4 heteroatoms. The van der Waals surface area contributed by atoms with Crippen LogP contribution < -0.4 is 10.1 Å². The highest BCUT2D eigenvalue weighted by atomic mass is 79.9. The maximum Gasteiger partial charge on any atom is 0.133 e. The van der Waals surface area contributed by atoms with E-state index in [1.165, 1.54) is 18.4 Å². The quantitative estimate of drug-likeness (QED) is 0.749. The first-order valence-corrected chi connectivity index (χ1v) is 8.50. The molecule has 1 saturated carbocycles. The van der Waals surface area contributed by atoms with Gasteiger partial charge in [0.05, 0.1) is 4.47 Å². The van der Waals surface area contributed by atoms with Crippen molar-refractivity contribution in [2.45, 2.75) is 39.7 Å². The molecular formula is C17H26BrNO2. The van der Waals surface area contributed by atoms with E-state index >= 15 is 0 Å². The fourth-order valence-electron chi connectivity index (χ4n) is 2.57. The van der Waals surface area contributed by atoms with Crippen molar-refractivity contribution in [3.8, 4) is 5.75 Å². The van der Waals surface area contributed by atoms with Gasteiger partial charge >= 0.3 is 0 Å². The van der Waals surface area contributed by atoms with Crippen molar-refractivity contribution in [3.05, 3.63) is 28.2 Å².